The van der Waals surface area contributed by atoms with Gasteiger partial charge in [0.05, 0.1) is 0 Å². The van der Waals surface area contributed by atoms with Crippen LogP contribution in [-0.4, -0.2) is 22.8 Å². The van der Waals surface area contributed by atoms with Crippen molar-refractivity contribution < 1.29 is 14.7 Å². The van der Waals surface area contributed by atoms with Crippen LogP contribution in [-0.2, 0) is 9.59 Å². The first kappa shape index (κ1) is 10.3. The molecule has 0 saturated carbocycles. The number of Topliss-reactive ketones (excluding diaryl/α,β-unsaturated/α-hetero) is 2. The van der Waals surface area contributed by atoms with Gasteiger partial charge in [0.2, 0.25) is 0 Å². The summed E-state index contributed by atoms with van der Waals surface area (Å²) in [6.07, 6.45) is -1.16. The van der Waals surface area contributed by atoms with E-state index in [4.69, 9.17) is 5.11 Å². The quantitative estimate of drug-likeness (QED) is 0.650. The smallest absolute Gasteiger partial charge is 0.158 e. The summed E-state index contributed by atoms with van der Waals surface area (Å²) in [5, 5.41) is 8.98. The van der Waals surface area contributed by atoms with Gasteiger partial charge in [-0.1, -0.05) is 13.8 Å². The van der Waals surface area contributed by atoms with Gasteiger partial charge in [-0.05, 0) is 6.92 Å². The lowest BCUT2D eigenvalue weighted by Gasteiger charge is -2.07. The van der Waals surface area contributed by atoms with Crippen molar-refractivity contribution in [2.24, 2.45) is 5.92 Å². The van der Waals surface area contributed by atoms with Crippen LogP contribution in [0.2, 0.25) is 0 Å². The molecule has 0 fully saturated rings. The lowest BCUT2D eigenvalue weighted by atomic mass is 10.0. The molecule has 0 aliphatic carbocycles. The minimum Gasteiger partial charge on any atom is -0.385 e. The second kappa shape index (κ2) is 4.23. The predicted molar refractivity (Wildman–Crippen MR) is 41.1 cm³/mol. The van der Waals surface area contributed by atoms with E-state index < -0.39 is 6.10 Å². The molecule has 0 rings (SSSR count). The zero-order chi connectivity index (χ0) is 9.02. The van der Waals surface area contributed by atoms with Gasteiger partial charge in [0.25, 0.3) is 0 Å². The first-order valence-electron chi connectivity index (χ1n) is 3.66. The number of ketones is 2. The molecule has 11 heavy (non-hydrogen) atoms. The van der Waals surface area contributed by atoms with Crippen molar-refractivity contribution in [1.82, 2.24) is 0 Å². The van der Waals surface area contributed by atoms with Gasteiger partial charge in [0.1, 0.15) is 11.9 Å². The molecule has 0 saturated heterocycles. The van der Waals surface area contributed by atoms with Gasteiger partial charge in [-0.15, -0.1) is 0 Å². The van der Waals surface area contributed by atoms with Crippen LogP contribution in [0.25, 0.3) is 0 Å². The standard InChI is InChI=1S/C8H14O3/c1-5(2)7(10)4-8(11)6(3)9/h5,8,11H,4H2,1-3H3/t8-/m1/s1. The van der Waals surface area contributed by atoms with Crippen LogP contribution < -0.4 is 0 Å². The zero-order valence-corrected chi connectivity index (χ0v) is 7.13. The van der Waals surface area contributed by atoms with E-state index >= 15 is 0 Å². The summed E-state index contributed by atoms with van der Waals surface area (Å²) in [5.74, 6) is -0.532. The number of aliphatic hydroxyl groups excluding tert-OH is 1. The molecule has 3 heteroatoms. The molecule has 0 radical (unpaired) electrons. The van der Waals surface area contributed by atoms with Gasteiger partial charge in [-0.2, -0.15) is 0 Å². The van der Waals surface area contributed by atoms with E-state index in [1.165, 1.54) is 6.92 Å². The van der Waals surface area contributed by atoms with Gasteiger partial charge in [-0.3, -0.25) is 9.59 Å². The van der Waals surface area contributed by atoms with Crippen LogP contribution in [0.5, 0.6) is 0 Å². The Balaban J connectivity index is 3.85. The average molecular weight is 158 g/mol. The molecular formula is C8H14O3. The molecule has 3 nitrogen and oxygen atoms in total. The molecule has 0 heterocycles. The Morgan fingerprint density at radius 3 is 2.09 bits per heavy atom. The Hall–Kier alpha value is -0.700. The maximum absolute atomic E-state index is 10.9. The number of aliphatic hydroxyl groups is 1. The lowest BCUT2D eigenvalue weighted by molar-refractivity contribution is -0.132. The molecule has 0 aromatic carbocycles. The molecule has 1 N–H and O–H groups in total. The van der Waals surface area contributed by atoms with Crippen LogP contribution >= 0.6 is 0 Å². The third-order valence-electron chi connectivity index (χ3n) is 1.51. The molecule has 0 spiro atoms. The molecule has 0 aromatic rings. The normalized spacial score (nSPS) is 13.2. The van der Waals surface area contributed by atoms with Crippen LogP contribution in [0.1, 0.15) is 27.2 Å². The van der Waals surface area contributed by atoms with Crippen molar-refractivity contribution in [1.29, 1.82) is 0 Å². The van der Waals surface area contributed by atoms with E-state index in [0.717, 1.165) is 0 Å². The van der Waals surface area contributed by atoms with E-state index in [1.54, 1.807) is 13.8 Å². The van der Waals surface area contributed by atoms with E-state index in [-0.39, 0.29) is 23.9 Å². The van der Waals surface area contributed by atoms with Crippen LogP contribution in [0.4, 0.5) is 0 Å². The fourth-order valence-corrected chi connectivity index (χ4v) is 0.570. The van der Waals surface area contributed by atoms with Gasteiger partial charge < -0.3 is 5.11 Å². The number of rotatable bonds is 4. The summed E-state index contributed by atoms with van der Waals surface area (Å²) in [6, 6.07) is 0. The Kier molecular flexibility index (Phi) is 3.97. The number of hydrogen-bond acceptors (Lipinski definition) is 3. The summed E-state index contributed by atoms with van der Waals surface area (Å²) >= 11 is 0. The van der Waals surface area contributed by atoms with Gasteiger partial charge in [0.15, 0.2) is 5.78 Å². The minimum atomic E-state index is -1.11. The van der Waals surface area contributed by atoms with E-state index in [9.17, 15) is 9.59 Å². The molecule has 0 aromatic heterocycles. The summed E-state index contributed by atoms with van der Waals surface area (Å²) in [5.41, 5.74) is 0. The third-order valence-corrected chi connectivity index (χ3v) is 1.51. The molecule has 0 bridgehead atoms. The number of hydrogen-bond donors (Lipinski definition) is 1. The molecule has 0 aliphatic heterocycles. The molecule has 0 unspecified atom stereocenters. The van der Waals surface area contributed by atoms with Crippen molar-refractivity contribution in [3.05, 3.63) is 0 Å². The second-order valence-corrected chi connectivity index (χ2v) is 2.95. The number of carbonyl (C=O) groups is 2. The highest BCUT2D eigenvalue weighted by molar-refractivity contribution is 5.88. The highest BCUT2D eigenvalue weighted by Crippen LogP contribution is 2.02. The molecular weight excluding hydrogens is 144 g/mol. The SMILES string of the molecule is CC(=O)[C@H](O)CC(=O)C(C)C. The van der Waals surface area contributed by atoms with Crippen molar-refractivity contribution in [3.63, 3.8) is 0 Å². The summed E-state index contributed by atoms with van der Waals surface area (Å²) in [7, 11) is 0. The summed E-state index contributed by atoms with van der Waals surface area (Å²) in [6.45, 7) is 4.77. The van der Waals surface area contributed by atoms with Crippen molar-refractivity contribution in [2.45, 2.75) is 33.3 Å². The maximum Gasteiger partial charge on any atom is 0.158 e. The Morgan fingerprint density at radius 1 is 1.36 bits per heavy atom. The van der Waals surface area contributed by atoms with Gasteiger partial charge in [-0.25, -0.2) is 0 Å². The Bertz CT molecular complexity index is 161. The first-order chi connectivity index (χ1) is 4.95. The molecule has 0 aliphatic rings. The minimum absolute atomic E-state index is 0.0486. The summed E-state index contributed by atoms with van der Waals surface area (Å²) < 4.78 is 0. The van der Waals surface area contributed by atoms with Gasteiger partial charge >= 0.3 is 0 Å². The molecule has 1 atom stereocenters. The maximum atomic E-state index is 10.9. The van der Waals surface area contributed by atoms with E-state index in [0.29, 0.717) is 0 Å². The van der Waals surface area contributed by atoms with Crippen LogP contribution in [0.15, 0.2) is 0 Å². The zero-order valence-electron chi connectivity index (χ0n) is 7.13. The first-order valence-corrected chi connectivity index (χ1v) is 3.66. The number of carbonyl (C=O) groups excluding carboxylic acids is 2. The fourth-order valence-electron chi connectivity index (χ4n) is 0.570. The van der Waals surface area contributed by atoms with E-state index in [1.807, 2.05) is 0 Å². The lowest BCUT2D eigenvalue weighted by Crippen LogP contribution is -2.23. The van der Waals surface area contributed by atoms with Crippen LogP contribution in [0.3, 0.4) is 0 Å². The molecule has 64 valence electrons. The third kappa shape index (κ3) is 3.88. The second-order valence-electron chi connectivity index (χ2n) is 2.95. The van der Waals surface area contributed by atoms with Crippen molar-refractivity contribution >= 4 is 11.6 Å². The van der Waals surface area contributed by atoms with Gasteiger partial charge in [0, 0.05) is 12.3 Å². The average Bonchev–Trinajstić information content (AvgIpc) is 1.87. The highest BCUT2D eigenvalue weighted by Gasteiger charge is 2.16. The van der Waals surface area contributed by atoms with E-state index in [2.05, 4.69) is 0 Å². The molecule has 0 amide bonds. The predicted octanol–water partition coefficient (Wildman–Crippen LogP) is 0.551. The largest absolute Gasteiger partial charge is 0.385 e. The van der Waals surface area contributed by atoms with Crippen molar-refractivity contribution in [3.8, 4) is 0 Å². The topological polar surface area (TPSA) is 54.4 Å². The monoisotopic (exact) mass is 158 g/mol. The fraction of sp³-hybridized carbons (Fsp3) is 0.750. The highest BCUT2D eigenvalue weighted by atomic mass is 16.3. The Morgan fingerprint density at radius 2 is 1.82 bits per heavy atom. The van der Waals surface area contributed by atoms with Crippen molar-refractivity contribution in [2.75, 3.05) is 0 Å². The summed E-state index contributed by atoms with van der Waals surface area (Å²) in [4.78, 5) is 21.4. The Labute approximate surface area is 66.4 Å². The van der Waals surface area contributed by atoms with Crippen LogP contribution in [0, 0.1) is 5.92 Å².